The van der Waals surface area contributed by atoms with Crippen LogP contribution in [0.3, 0.4) is 0 Å². The molecule has 1 fully saturated rings. The lowest BCUT2D eigenvalue weighted by atomic mass is 9.99. The van der Waals surface area contributed by atoms with Crippen LogP contribution in [-0.2, 0) is 9.47 Å². The summed E-state index contributed by atoms with van der Waals surface area (Å²) in [5, 5.41) is 25.9. The van der Waals surface area contributed by atoms with Crippen LogP contribution in [0.1, 0.15) is 53.6 Å². The molecule has 0 unspecified atom stereocenters. The van der Waals surface area contributed by atoms with Gasteiger partial charge in [-0.25, -0.2) is 9.59 Å². The van der Waals surface area contributed by atoms with Crippen LogP contribution in [0.5, 0.6) is 0 Å². The smallest absolute Gasteiger partial charge is 0.410 e. The third-order valence-electron chi connectivity index (χ3n) is 9.90. The van der Waals surface area contributed by atoms with Crippen LogP contribution in [0.15, 0.2) is 109 Å². The van der Waals surface area contributed by atoms with Gasteiger partial charge >= 0.3 is 12.2 Å². The minimum Gasteiger partial charge on any atom is -0.444 e. The number of rotatable bonds is 2. The first-order valence-electron chi connectivity index (χ1n) is 18.6. The van der Waals surface area contributed by atoms with Gasteiger partial charge in [0.15, 0.2) is 0 Å². The summed E-state index contributed by atoms with van der Waals surface area (Å²) in [5.41, 5.74) is 3.20. The number of hydrogen-bond acceptors (Lipinski definition) is 6. The first-order chi connectivity index (χ1) is 25.7. The van der Waals surface area contributed by atoms with Crippen molar-refractivity contribution in [1.82, 2.24) is 18.9 Å². The second-order valence-corrected chi connectivity index (χ2v) is 16.2. The van der Waals surface area contributed by atoms with E-state index in [0.717, 1.165) is 21.8 Å². The van der Waals surface area contributed by atoms with Gasteiger partial charge in [0, 0.05) is 63.2 Å². The maximum Gasteiger partial charge on any atom is 0.410 e. The lowest BCUT2D eigenvalue weighted by Crippen LogP contribution is -2.55. The van der Waals surface area contributed by atoms with E-state index in [9.17, 15) is 19.8 Å². The molecule has 2 amide bonds. The average molecular weight is 731 g/mol. The maximum absolute atomic E-state index is 12.6. The molecule has 0 aliphatic carbocycles. The fraction of sp³-hybridized carbons (Fsp3) is 0.364. The molecule has 6 aromatic rings. The number of carbonyl (C=O) groups excluding carboxylic acids is 2. The number of para-hydroxylation sites is 4. The lowest BCUT2D eigenvalue weighted by molar-refractivity contribution is -0.0704. The number of nitrogens with zero attached hydrogens (tertiary/aromatic N) is 4. The van der Waals surface area contributed by atoms with Crippen LogP contribution in [0.25, 0.3) is 43.6 Å². The minimum absolute atomic E-state index is 0.0454. The third kappa shape index (κ3) is 7.41. The van der Waals surface area contributed by atoms with Crippen molar-refractivity contribution in [3.05, 3.63) is 109 Å². The van der Waals surface area contributed by atoms with Gasteiger partial charge in [0.25, 0.3) is 0 Å². The molecule has 8 rings (SSSR count). The Labute approximate surface area is 315 Å². The SMILES string of the molecule is CC(C)(C)OC(=O)N1CC=C[C@H](n2c3ccccc3c3ccccc32)C1.CC(C)(C)OC(=O)N1C[C@@H](O)[C@@H](O)[C@H](n2c3ccccc3c3ccccc32)C1. The molecule has 4 aromatic carbocycles. The zero-order chi connectivity index (χ0) is 38.4. The van der Waals surface area contributed by atoms with Crippen LogP contribution >= 0.6 is 0 Å². The molecule has 282 valence electrons. The highest BCUT2D eigenvalue weighted by Gasteiger charge is 2.40. The van der Waals surface area contributed by atoms with Crippen molar-refractivity contribution in [3.8, 4) is 0 Å². The van der Waals surface area contributed by atoms with E-state index >= 15 is 0 Å². The van der Waals surface area contributed by atoms with Crippen molar-refractivity contribution in [3.63, 3.8) is 0 Å². The number of benzene rings is 4. The molecule has 0 saturated carbocycles. The van der Waals surface area contributed by atoms with E-state index in [1.165, 1.54) is 26.7 Å². The number of ether oxygens (including phenoxy) is 2. The standard InChI is InChI=1S/C22H26N2O4.C22H24N2O2/c1-22(2,3)28-21(27)23-12-18(20(26)19(25)13-23)24-16-10-6-4-8-14(16)15-9-5-7-11-17(15)24;1-22(2,3)26-21(25)23-14-8-9-16(15-23)24-19-12-6-4-10-17(19)18-11-5-7-13-20(18)24/h4-11,18-20,25-26H,12-13H2,1-3H3;4-13,16H,14-15H2,1-3H3/t18-,19-,20+;16-/m10/s1. The maximum atomic E-state index is 12.6. The van der Waals surface area contributed by atoms with E-state index < -0.39 is 35.5 Å². The van der Waals surface area contributed by atoms with Crippen LogP contribution < -0.4 is 0 Å². The van der Waals surface area contributed by atoms with Crippen molar-refractivity contribution >= 4 is 55.8 Å². The minimum atomic E-state index is -1.05. The first-order valence-corrected chi connectivity index (χ1v) is 18.6. The lowest BCUT2D eigenvalue weighted by Gasteiger charge is -2.40. The van der Waals surface area contributed by atoms with Crippen molar-refractivity contribution < 1.29 is 29.3 Å². The number of piperidine rings is 1. The van der Waals surface area contributed by atoms with Crippen molar-refractivity contribution in [1.29, 1.82) is 0 Å². The topological polar surface area (TPSA) is 109 Å². The van der Waals surface area contributed by atoms with E-state index in [4.69, 9.17) is 9.47 Å². The Morgan fingerprint density at radius 1 is 0.574 bits per heavy atom. The number of carbonyl (C=O) groups is 2. The van der Waals surface area contributed by atoms with Gasteiger partial charge in [0.1, 0.15) is 17.3 Å². The summed E-state index contributed by atoms with van der Waals surface area (Å²) in [7, 11) is 0. The highest BCUT2D eigenvalue weighted by molar-refractivity contribution is 6.09. The number of amides is 2. The van der Waals surface area contributed by atoms with Gasteiger partial charge in [-0.15, -0.1) is 0 Å². The predicted molar refractivity (Wildman–Crippen MR) is 214 cm³/mol. The van der Waals surface area contributed by atoms with Gasteiger partial charge in [-0.2, -0.15) is 0 Å². The molecular weight excluding hydrogens is 681 g/mol. The van der Waals surface area contributed by atoms with Gasteiger partial charge < -0.3 is 38.6 Å². The van der Waals surface area contributed by atoms with E-state index in [2.05, 4.69) is 65.3 Å². The largest absolute Gasteiger partial charge is 0.444 e. The first kappa shape index (κ1) is 37.0. The van der Waals surface area contributed by atoms with Crippen LogP contribution in [0.2, 0.25) is 0 Å². The van der Waals surface area contributed by atoms with Crippen molar-refractivity contribution in [2.45, 2.75) is 77.0 Å². The monoisotopic (exact) mass is 730 g/mol. The average Bonchev–Trinajstić information content (AvgIpc) is 3.65. The molecule has 10 heteroatoms. The summed E-state index contributed by atoms with van der Waals surface area (Å²) < 4.78 is 15.4. The summed E-state index contributed by atoms with van der Waals surface area (Å²) in [6.45, 7) is 12.6. The molecule has 1 saturated heterocycles. The summed E-state index contributed by atoms with van der Waals surface area (Å²) in [6, 6.07) is 32.5. The molecule has 10 nitrogen and oxygen atoms in total. The summed E-state index contributed by atoms with van der Waals surface area (Å²) in [4.78, 5) is 28.4. The Morgan fingerprint density at radius 2 is 0.981 bits per heavy atom. The number of hydrogen-bond donors (Lipinski definition) is 2. The van der Waals surface area contributed by atoms with Crippen LogP contribution in [0, 0.1) is 0 Å². The second kappa shape index (κ2) is 14.5. The number of fused-ring (bicyclic) bond motifs is 6. The van der Waals surface area contributed by atoms with Crippen LogP contribution in [0.4, 0.5) is 9.59 Å². The quantitative estimate of drug-likeness (QED) is 0.173. The van der Waals surface area contributed by atoms with Gasteiger partial charge in [-0.3, -0.25) is 0 Å². The number of likely N-dealkylation sites (tertiary alicyclic amines) is 1. The summed E-state index contributed by atoms with van der Waals surface area (Å²) >= 11 is 0. The Kier molecular flexibility index (Phi) is 9.93. The molecule has 4 heterocycles. The fourth-order valence-corrected chi connectivity index (χ4v) is 7.68. The second-order valence-electron chi connectivity index (χ2n) is 16.2. The third-order valence-corrected chi connectivity index (χ3v) is 9.90. The van der Waals surface area contributed by atoms with Gasteiger partial charge in [0.2, 0.25) is 0 Å². The van der Waals surface area contributed by atoms with Gasteiger partial charge in [-0.05, 0) is 65.8 Å². The number of aromatic nitrogens is 2. The summed E-state index contributed by atoms with van der Waals surface area (Å²) in [5.74, 6) is 0. The van der Waals surface area contributed by atoms with Gasteiger partial charge in [-0.1, -0.05) is 84.9 Å². The zero-order valence-electron chi connectivity index (χ0n) is 31.8. The molecule has 54 heavy (non-hydrogen) atoms. The molecule has 2 N–H and O–H groups in total. The Bertz CT molecular complexity index is 2240. The predicted octanol–water partition coefficient (Wildman–Crippen LogP) is 8.45. The summed E-state index contributed by atoms with van der Waals surface area (Å²) in [6.07, 6.45) is 1.47. The Balaban J connectivity index is 0.000000167. The highest BCUT2D eigenvalue weighted by atomic mass is 16.6. The molecule has 0 bridgehead atoms. The molecule has 0 radical (unpaired) electrons. The van der Waals surface area contributed by atoms with Crippen LogP contribution in [-0.4, -0.2) is 90.9 Å². The van der Waals surface area contributed by atoms with E-state index in [0.29, 0.717) is 13.1 Å². The highest BCUT2D eigenvalue weighted by Crippen LogP contribution is 2.36. The molecule has 2 aliphatic heterocycles. The zero-order valence-corrected chi connectivity index (χ0v) is 31.8. The van der Waals surface area contributed by atoms with E-state index in [1.807, 2.05) is 94.6 Å². The molecule has 2 aromatic heterocycles. The molecule has 0 spiro atoms. The number of aliphatic hydroxyl groups is 2. The Morgan fingerprint density at radius 3 is 1.43 bits per heavy atom. The number of β-amino-alcohol motifs (C(OH)–C–C–N with tert-alkyl or cyclic N) is 1. The molecular formula is C44H50N4O6. The Hall–Kier alpha value is -5.32. The fourth-order valence-electron chi connectivity index (χ4n) is 7.68. The van der Waals surface area contributed by atoms with Crippen molar-refractivity contribution in [2.24, 2.45) is 0 Å². The van der Waals surface area contributed by atoms with E-state index in [1.54, 1.807) is 4.90 Å². The van der Waals surface area contributed by atoms with Crippen molar-refractivity contribution in [2.75, 3.05) is 26.2 Å². The molecule has 2 aliphatic rings. The molecule has 4 atom stereocenters. The van der Waals surface area contributed by atoms with Gasteiger partial charge in [0.05, 0.1) is 24.7 Å². The van der Waals surface area contributed by atoms with E-state index in [-0.39, 0.29) is 25.2 Å². The number of aliphatic hydroxyl groups excluding tert-OH is 2. The normalized spacial score (nSPS) is 20.7.